The minimum Gasteiger partial charge on any atom is -0.481 e. The van der Waals surface area contributed by atoms with Gasteiger partial charge in [0.2, 0.25) is 0 Å². The number of nitrogens with one attached hydrogen (secondary N) is 1. The fourth-order valence-electron chi connectivity index (χ4n) is 4.03. The van der Waals surface area contributed by atoms with Gasteiger partial charge >= 0.3 is 5.97 Å². The Balaban J connectivity index is 1.60. The number of aliphatic hydroxyl groups is 1. The summed E-state index contributed by atoms with van der Waals surface area (Å²) in [6.07, 6.45) is 1.02. The maximum atomic E-state index is 13.2. The van der Waals surface area contributed by atoms with Gasteiger partial charge in [0.15, 0.2) is 0 Å². The second-order valence-corrected chi connectivity index (χ2v) is 8.58. The summed E-state index contributed by atoms with van der Waals surface area (Å²) >= 11 is 0. The molecule has 4 rings (SSSR count). The smallest absolute Gasteiger partial charge is 0.303 e. The van der Waals surface area contributed by atoms with Gasteiger partial charge in [0, 0.05) is 18.0 Å². The first kappa shape index (κ1) is 24.4. The van der Waals surface area contributed by atoms with E-state index < -0.39 is 12.2 Å². The van der Waals surface area contributed by atoms with Crippen molar-refractivity contribution in [3.8, 4) is 11.3 Å². The molecule has 1 unspecified atom stereocenters. The van der Waals surface area contributed by atoms with Gasteiger partial charge < -0.3 is 10.2 Å². The average Bonchev–Trinajstić information content (AvgIpc) is 2.86. The maximum absolute atomic E-state index is 13.2. The molecule has 4 aromatic rings. The summed E-state index contributed by atoms with van der Waals surface area (Å²) in [6.45, 7) is 1.90. The molecule has 0 aliphatic carbocycles. The molecule has 0 spiro atoms. The van der Waals surface area contributed by atoms with E-state index in [0.29, 0.717) is 35.9 Å². The number of fused-ring (bicyclic) bond motifs is 1. The number of benzene rings is 3. The Morgan fingerprint density at radius 1 is 0.943 bits per heavy atom. The van der Waals surface area contributed by atoms with E-state index in [2.05, 4.69) is 5.32 Å². The van der Waals surface area contributed by atoms with Crippen LogP contribution in [0.2, 0.25) is 0 Å². The largest absolute Gasteiger partial charge is 0.481 e. The quantitative estimate of drug-likeness (QED) is 0.206. The Morgan fingerprint density at radius 2 is 1.66 bits per heavy atom. The van der Waals surface area contributed by atoms with E-state index in [-0.39, 0.29) is 18.3 Å². The van der Waals surface area contributed by atoms with E-state index in [1.54, 1.807) is 12.1 Å². The topological polar surface area (TPSA) is 95.3 Å². The number of nitrogens with zero attached hydrogens (tertiary/aromatic N) is 2. The molecule has 0 bridgehead atoms. The second-order valence-electron chi connectivity index (χ2n) is 8.58. The van der Waals surface area contributed by atoms with E-state index in [4.69, 9.17) is 15.1 Å². The Hall–Kier alpha value is -3.68. The van der Waals surface area contributed by atoms with Crippen LogP contribution in [0, 0.1) is 5.82 Å². The van der Waals surface area contributed by atoms with Crippen LogP contribution in [0.25, 0.3) is 22.3 Å². The highest BCUT2D eigenvalue weighted by molar-refractivity contribution is 5.79. The molecule has 180 valence electrons. The number of carboxylic acids is 1. The molecule has 0 saturated carbocycles. The van der Waals surface area contributed by atoms with Gasteiger partial charge in [0.1, 0.15) is 12.0 Å². The van der Waals surface area contributed by atoms with Crippen LogP contribution in [-0.2, 0) is 11.2 Å². The van der Waals surface area contributed by atoms with E-state index in [0.717, 1.165) is 22.5 Å². The monoisotopic (exact) mass is 473 g/mol. The highest BCUT2D eigenvalue weighted by atomic mass is 19.1. The molecular formula is C28H28FN3O3. The number of hydrogen-bond donors (Lipinski definition) is 3. The van der Waals surface area contributed by atoms with Gasteiger partial charge in [0.05, 0.1) is 22.4 Å². The maximum Gasteiger partial charge on any atom is 0.303 e. The summed E-state index contributed by atoms with van der Waals surface area (Å²) in [5.41, 5.74) is 5.41. The fraction of sp³-hybridized carbons (Fsp3) is 0.250. The summed E-state index contributed by atoms with van der Waals surface area (Å²) < 4.78 is 13.2. The van der Waals surface area contributed by atoms with Crippen molar-refractivity contribution < 1.29 is 19.4 Å². The average molecular weight is 474 g/mol. The lowest BCUT2D eigenvalue weighted by atomic mass is 10.0. The molecule has 2 atom stereocenters. The molecule has 7 heteroatoms. The standard InChI is InChI=1S/C28H28FN3O3/c1-18(19-11-14-22(29)15-12-19)30-28(35)21-13-16-23-25(17-21)31-24(9-5-6-10-26(33)34)27(32-23)20-7-3-2-4-8-20/h2-4,7-8,11-18,28,30,35H,5-6,9-10H2,1H3,(H,33,34)/t18-,28?/m0/s1. The van der Waals surface area contributed by atoms with Crippen molar-refractivity contribution in [3.63, 3.8) is 0 Å². The summed E-state index contributed by atoms with van der Waals surface area (Å²) in [4.78, 5) is 20.6. The van der Waals surface area contributed by atoms with Crippen molar-refractivity contribution in [2.24, 2.45) is 0 Å². The minimum atomic E-state index is -0.950. The van der Waals surface area contributed by atoms with Gasteiger partial charge in [-0.1, -0.05) is 48.5 Å². The predicted octanol–water partition coefficient (Wildman–Crippen LogP) is 5.58. The van der Waals surface area contributed by atoms with Gasteiger partial charge in [0.25, 0.3) is 0 Å². The third-order valence-electron chi connectivity index (χ3n) is 5.96. The van der Waals surface area contributed by atoms with Gasteiger partial charge in [-0.25, -0.2) is 14.4 Å². The van der Waals surface area contributed by atoms with Crippen LogP contribution < -0.4 is 5.32 Å². The summed E-state index contributed by atoms with van der Waals surface area (Å²) in [5.74, 6) is -1.11. The van der Waals surface area contributed by atoms with Crippen molar-refractivity contribution in [2.45, 2.75) is 44.9 Å². The first-order valence-corrected chi connectivity index (χ1v) is 11.7. The first-order chi connectivity index (χ1) is 16.9. The molecule has 1 aromatic heterocycles. The third kappa shape index (κ3) is 6.26. The van der Waals surface area contributed by atoms with Crippen LogP contribution in [-0.4, -0.2) is 26.2 Å². The number of halogens is 1. The zero-order valence-corrected chi connectivity index (χ0v) is 19.5. The van der Waals surface area contributed by atoms with Gasteiger partial charge in [-0.05, 0) is 61.6 Å². The van der Waals surface area contributed by atoms with Crippen LogP contribution >= 0.6 is 0 Å². The SMILES string of the molecule is C[C@H](NC(O)c1ccc2nc(-c3ccccc3)c(CCCCC(=O)O)nc2c1)c1ccc(F)cc1. The molecule has 0 fully saturated rings. The second kappa shape index (κ2) is 11.2. The Labute approximate surface area is 203 Å². The molecule has 0 radical (unpaired) electrons. The van der Waals surface area contributed by atoms with Crippen LogP contribution in [0.1, 0.15) is 55.3 Å². The summed E-state index contributed by atoms with van der Waals surface area (Å²) in [7, 11) is 0. The minimum absolute atomic E-state index is 0.121. The van der Waals surface area contributed by atoms with Crippen molar-refractivity contribution in [3.05, 3.63) is 95.4 Å². The Kier molecular flexibility index (Phi) is 7.80. The zero-order valence-electron chi connectivity index (χ0n) is 19.5. The number of aromatic nitrogens is 2. The van der Waals surface area contributed by atoms with Crippen LogP contribution in [0.5, 0.6) is 0 Å². The molecule has 6 nitrogen and oxygen atoms in total. The molecule has 0 aliphatic rings. The lowest BCUT2D eigenvalue weighted by molar-refractivity contribution is -0.137. The van der Waals surface area contributed by atoms with Gasteiger partial charge in [-0.3, -0.25) is 10.1 Å². The number of unbranched alkanes of at least 4 members (excludes halogenated alkanes) is 1. The molecule has 35 heavy (non-hydrogen) atoms. The molecule has 0 aliphatic heterocycles. The zero-order chi connectivity index (χ0) is 24.8. The van der Waals surface area contributed by atoms with E-state index in [1.165, 1.54) is 12.1 Å². The first-order valence-electron chi connectivity index (χ1n) is 11.7. The molecule has 0 amide bonds. The van der Waals surface area contributed by atoms with Crippen molar-refractivity contribution in [2.75, 3.05) is 0 Å². The van der Waals surface area contributed by atoms with Crippen LogP contribution in [0.3, 0.4) is 0 Å². The highest BCUT2D eigenvalue weighted by Crippen LogP contribution is 2.27. The van der Waals surface area contributed by atoms with Crippen molar-refractivity contribution >= 4 is 17.0 Å². The normalized spacial score (nSPS) is 13.0. The molecule has 3 N–H and O–H groups in total. The Bertz CT molecular complexity index is 1300. The number of rotatable bonds is 10. The number of hydrogen-bond acceptors (Lipinski definition) is 5. The molecule has 0 saturated heterocycles. The summed E-state index contributed by atoms with van der Waals surface area (Å²) in [6, 6.07) is 21.2. The van der Waals surface area contributed by atoms with Crippen molar-refractivity contribution in [1.29, 1.82) is 0 Å². The lowest BCUT2D eigenvalue weighted by Crippen LogP contribution is -2.24. The van der Waals surface area contributed by atoms with Gasteiger partial charge in [-0.15, -0.1) is 0 Å². The number of aliphatic carboxylic acids is 1. The highest BCUT2D eigenvalue weighted by Gasteiger charge is 2.16. The van der Waals surface area contributed by atoms with E-state index >= 15 is 0 Å². The van der Waals surface area contributed by atoms with Gasteiger partial charge in [-0.2, -0.15) is 0 Å². The Morgan fingerprint density at radius 3 is 2.37 bits per heavy atom. The van der Waals surface area contributed by atoms with E-state index in [1.807, 2.05) is 55.5 Å². The number of aryl methyl sites for hydroxylation is 1. The molecule has 3 aromatic carbocycles. The molecular weight excluding hydrogens is 445 g/mol. The third-order valence-corrected chi connectivity index (χ3v) is 5.96. The van der Waals surface area contributed by atoms with Crippen LogP contribution in [0.15, 0.2) is 72.8 Å². The summed E-state index contributed by atoms with van der Waals surface area (Å²) in [5, 5.41) is 22.9. The van der Waals surface area contributed by atoms with Crippen molar-refractivity contribution in [1.82, 2.24) is 15.3 Å². The molecule has 1 heterocycles. The fourth-order valence-corrected chi connectivity index (χ4v) is 4.03. The lowest BCUT2D eigenvalue weighted by Gasteiger charge is -2.20. The number of carboxylic acid groups (broad SMARTS) is 1. The number of carbonyl (C=O) groups is 1. The predicted molar refractivity (Wildman–Crippen MR) is 133 cm³/mol. The number of aliphatic hydroxyl groups excluding tert-OH is 1. The van der Waals surface area contributed by atoms with E-state index in [9.17, 15) is 14.3 Å². The van der Waals surface area contributed by atoms with Crippen LogP contribution in [0.4, 0.5) is 4.39 Å².